The van der Waals surface area contributed by atoms with E-state index < -0.39 is 13.6 Å². The van der Waals surface area contributed by atoms with Crippen LogP contribution in [0.4, 0.5) is 0 Å². The van der Waals surface area contributed by atoms with Crippen molar-refractivity contribution in [1.82, 2.24) is 5.32 Å². The molecular formula is C18H22NO4P. The van der Waals surface area contributed by atoms with Crippen molar-refractivity contribution < 1.29 is 18.4 Å². The third-order valence-electron chi connectivity index (χ3n) is 3.78. The standard InChI is InChI=1S/C18H22NO4P/c1-14-9-11-15(12-10-14)17(13-24(21,22-2)23-3)19-18(20)16-7-5-4-6-8-16/h4-12,17H,13H2,1-3H3,(H,19,20)/t17-/m0/s1. The van der Waals surface area contributed by atoms with Crippen molar-refractivity contribution in [3.63, 3.8) is 0 Å². The molecule has 6 heteroatoms. The molecule has 24 heavy (non-hydrogen) atoms. The minimum Gasteiger partial charge on any atom is -0.345 e. The summed E-state index contributed by atoms with van der Waals surface area (Å²) in [6.07, 6.45) is 0.0572. The van der Waals surface area contributed by atoms with Crippen molar-refractivity contribution in [2.24, 2.45) is 0 Å². The molecule has 128 valence electrons. The maximum Gasteiger partial charge on any atom is 0.332 e. The van der Waals surface area contributed by atoms with E-state index in [2.05, 4.69) is 5.32 Å². The van der Waals surface area contributed by atoms with Crippen LogP contribution in [0.15, 0.2) is 54.6 Å². The Morgan fingerprint density at radius 2 is 1.62 bits per heavy atom. The number of benzene rings is 2. The average Bonchev–Trinajstić information content (AvgIpc) is 2.62. The Morgan fingerprint density at radius 3 is 2.17 bits per heavy atom. The third kappa shape index (κ3) is 4.78. The summed E-state index contributed by atoms with van der Waals surface area (Å²) in [6, 6.07) is 16.1. The number of hydrogen-bond donors (Lipinski definition) is 1. The van der Waals surface area contributed by atoms with Crippen molar-refractivity contribution >= 4 is 13.5 Å². The topological polar surface area (TPSA) is 64.6 Å². The van der Waals surface area contributed by atoms with E-state index in [0.29, 0.717) is 5.56 Å². The predicted octanol–water partition coefficient (Wildman–Crippen LogP) is 3.95. The van der Waals surface area contributed by atoms with Gasteiger partial charge in [-0.1, -0.05) is 48.0 Å². The Balaban J connectivity index is 2.27. The van der Waals surface area contributed by atoms with Gasteiger partial charge in [0.2, 0.25) is 0 Å². The Morgan fingerprint density at radius 1 is 1.04 bits per heavy atom. The highest BCUT2D eigenvalue weighted by Gasteiger charge is 2.29. The van der Waals surface area contributed by atoms with Gasteiger partial charge in [-0.2, -0.15) is 0 Å². The van der Waals surface area contributed by atoms with Gasteiger partial charge < -0.3 is 14.4 Å². The van der Waals surface area contributed by atoms with E-state index >= 15 is 0 Å². The van der Waals surface area contributed by atoms with Gasteiger partial charge in [-0.25, -0.2) is 0 Å². The lowest BCUT2D eigenvalue weighted by Crippen LogP contribution is -2.31. The Kier molecular flexibility index (Phi) is 6.32. The number of nitrogens with one attached hydrogen (secondary N) is 1. The number of carbonyl (C=O) groups is 1. The van der Waals surface area contributed by atoms with E-state index in [1.165, 1.54) is 14.2 Å². The molecule has 0 radical (unpaired) electrons. The molecule has 2 aromatic rings. The van der Waals surface area contributed by atoms with Crippen LogP contribution in [0.5, 0.6) is 0 Å². The van der Waals surface area contributed by atoms with Crippen LogP contribution < -0.4 is 5.32 Å². The normalized spacial score (nSPS) is 12.6. The summed E-state index contributed by atoms with van der Waals surface area (Å²) in [6.45, 7) is 1.98. The molecule has 0 fully saturated rings. The summed E-state index contributed by atoms with van der Waals surface area (Å²) in [5, 5.41) is 2.92. The number of carbonyl (C=O) groups excluding carboxylic acids is 1. The predicted molar refractivity (Wildman–Crippen MR) is 94.3 cm³/mol. The van der Waals surface area contributed by atoms with Gasteiger partial charge in [0, 0.05) is 19.8 Å². The second-order valence-electron chi connectivity index (χ2n) is 5.46. The molecule has 0 spiro atoms. The van der Waals surface area contributed by atoms with E-state index in [1.807, 2.05) is 37.3 Å². The maximum absolute atomic E-state index is 12.5. The van der Waals surface area contributed by atoms with E-state index in [-0.39, 0.29) is 12.1 Å². The summed E-state index contributed by atoms with van der Waals surface area (Å²) < 4.78 is 22.6. The smallest absolute Gasteiger partial charge is 0.332 e. The summed E-state index contributed by atoms with van der Waals surface area (Å²) in [5.41, 5.74) is 2.49. The lowest BCUT2D eigenvalue weighted by Gasteiger charge is -2.23. The maximum atomic E-state index is 12.5. The lowest BCUT2D eigenvalue weighted by atomic mass is 10.1. The fourth-order valence-electron chi connectivity index (χ4n) is 2.31. The zero-order valence-corrected chi connectivity index (χ0v) is 15.0. The fraction of sp³-hybridized carbons (Fsp3) is 0.278. The number of rotatable bonds is 7. The van der Waals surface area contributed by atoms with E-state index in [1.54, 1.807) is 24.3 Å². The molecule has 0 bridgehead atoms. The van der Waals surface area contributed by atoms with E-state index in [9.17, 15) is 9.36 Å². The first-order valence-electron chi connectivity index (χ1n) is 7.60. The second kappa shape index (κ2) is 8.25. The van der Waals surface area contributed by atoms with Crippen molar-refractivity contribution in [3.8, 4) is 0 Å². The molecule has 0 saturated heterocycles. The molecule has 0 aliphatic rings. The van der Waals surface area contributed by atoms with Crippen LogP contribution in [0.25, 0.3) is 0 Å². The Labute approximate surface area is 142 Å². The summed E-state index contributed by atoms with van der Waals surface area (Å²) in [7, 11) is -0.592. The summed E-state index contributed by atoms with van der Waals surface area (Å²) in [4.78, 5) is 12.5. The van der Waals surface area contributed by atoms with Gasteiger partial charge in [-0.15, -0.1) is 0 Å². The first-order chi connectivity index (χ1) is 11.5. The van der Waals surface area contributed by atoms with Gasteiger partial charge in [0.05, 0.1) is 12.2 Å². The number of amides is 1. The van der Waals surface area contributed by atoms with Crippen LogP contribution >= 0.6 is 7.60 Å². The molecule has 0 aliphatic carbocycles. The van der Waals surface area contributed by atoms with Gasteiger partial charge >= 0.3 is 7.60 Å². The van der Waals surface area contributed by atoms with Crippen LogP contribution in [0, 0.1) is 6.92 Å². The molecule has 0 heterocycles. The van der Waals surface area contributed by atoms with E-state index in [0.717, 1.165) is 11.1 Å². The fourth-order valence-corrected chi connectivity index (χ4v) is 3.51. The van der Waals surface area contributed by atoms with Crippen LogP contribution in [0.1, 0.15) is 27.5 Å². The lowest BCUT2D eigenvalue weighted by molar-refractivity contribution is 0.0939. The molecule has 1 amide bonds. The van der Waals surface area contributed by atoms with Crippen LogP contribution in [-0.2, 0) is 13.6 Å². The van der Waals surface area contributed by atoms with E-state index in [4.69, 9.17) is 9.05 Å². The van der Waals surface area contributed by atoms with Gasteiger partial charge in [0.1, 0.15) is 0 Å². The Hall–Kier alpha value is -1.94. The second-order valence-corrected chi connectivity index (χ2v) is 7.78. The van der Waals surface area contributed by atoms with Crippen molar-refractivity contribution in [3.05, 3.63) is 71.3 Å². The highest BCUT2D eigenvalue weighted by Crippen LogP contribution is 2.49. The van der Waals surface area contributed by atoms with Crippen molar-refractivity contribution in [1.29, 1.82) is 0 Å². The SMILES string of the molecule is COP(=O)(C[C@H](NC(=O)c1ccccc1)c1ccc(C)cc1)OC. The summed E-state index contributed by atoms with van der Waals surface area (Å²) >= 11 is 0. The van der Waals surface area contributed by atoms with Gasteiger partial charge in [-0.3, -0.25) is 9.36 Å². The zero-order valence-electron chi connectivity index (χ0n) is 14.1. The average molecular weight is 347 g/mol. The van der Waals surface area contributed by atoms with Crippen LogP contribution in [0.2, 0.25) is 0 Å². The highest BCUT2D eigenvalue weighted by atomic mass is 31.2. The highest BCUT2D eigenvalue weighted by molar-refractivity contribution is 7.53. The summed E-state index contributed by atoms with van der Waals surface area (Å²) in [5.74, 6) is -0.236. The molecule has 1 N–H and O–H groups in total. The molecule has 2 rings (SSSR count). The van der Waals surface area contributed by atoms with Gasteiger partial charge in [-0.05, 0) is 24.6 Å². The first-order valence-corrected chi connectivity index (χ1v) is 9.33. The minimum absolute atomic E-state index is 0.0572. The monoisotopic (exact) mass is 347 g/mol. The quantitative estimate of drug-likeness (QED) is 0.770. The molecule has 0 aliphatic heterocycles. The van der Waals surface area contributed by atoms with Gasteiger partial charge in [0.25, 0.3) is 5.91 Å². The number of hydrogen-bond acceptors (Lipinski definition) is 4. The number of aryl methyl sites for hydroxylation is 1. The molecule has 5 nitrogen and oxygen atoms in total. The van der Waals surface area contributed by atoms with Crippen molar-refractivity contribution in [2.45, 2.75) is 13.0 Å². The molecule has 0 aromatic heterocycles. The molecule has 0 unspecified atom stereocenters. The minimum atomic E-state index is -3.28. The largest absolute Gasteiger partial charge is 0.345 e. The molecule has 2 aromatic carbocycles. The first kappa shape index (κ1) is 18.4. The van der Waals surface area contributed by atoms with Crippen molar-refractivity contribution in [2.75, 3.05) is 20.4 Å². The van der Waals surface area contributed by atoms with Gasteiger partial charge in [0.15, 0.2) is 0 Å². The third-order valence-corrected chi connectivity index (χ3v) is 5.71. The Bertz CT molecular complexity index is 708. The van der Waals surface area contributed by atoms with Crippen LogP contribution in [0.3, 0.4) is 0 Å². The molecule has 0 saturated carbocycles. The van der Waals surface area contributed by atoms with Crippen LogP contribution in [-0.4, -0.2) is 26.3 Å². The zero-order chi connectivity index (χ0) is 17.6. The molecule has 1 atom stereocenters. The molecular weight excluding hydrogens is 325 g/mol.